The number of hydrogen-bond donors (Lipinski definition) is 1. The van der Waals surface area contributed by atoms with Crippen molar-refractivity contribution < 1.29 is 24.0 Å². The van der Waals surface area contributed by atoms with Crippen molar-refractivity contribution >= 4 is 35.2 Å². The fourth-order valence-corrected chi connectivity index (χ4v) is 3.61. The van der Waals surface area contributed by atoms with E-state index in [0.29, 0.717) is 6.54 Å². The Hall–Kier alpha value is -2.62. The SMILES string of the molecule is C[C@H]1CCCCN1C(=O)COC(=O)CSc1ccc(C(N)=O)cc1[N+](=O)[O-]. The lowest BCUT2D eigenvalue weighted by Crippen LogP contribution is -2.44. The van der Waals surface area contributed by atoms with Crippen molar-refractivity contribution in [3.8, 4) is 0 Å². The summed E-state index contributed by atoms with van der Waals surface area (Å²) in [7, 11) is 0. The first kappa shape index (κ1) is 20.7. The number of piperidine rings is 1. The number of nitrogens with zero attached hydrogens (tertiary/aromatic N) is 2. The standard InChI is InChI=1S/C17H21N3O6S/c1-11-4-2-3-7-19(11)15(21)9-26-16(22)10-27-14-6-5-12(17(18)23)8-13(14)20(24)25/h5-6,8,11H,2-4,7,9-10H2,1H3,(H2,18,23)/t11-/m0/s1. The molecule has 1 aliphatic rings. The highest BCUT2D eigenvalue weighted by Crippen LogP contribution is 2.30. The smallest absolute Gasteiger partial charge is 0.316 e. The topological polar surface area (TPSA) is 133 Å². The van der Waals surface area contributed by atoms with Crippen molar-refractivity contribution in [1.29, 1.82) is 0 Å². The molecule has 1 aromatic rings. The highest BCUT2D eigenvalue weighted by Gasteiger charge is 2.24. The molecule has 0 radical (unpaired) electrons. The molecule has 146 valence electrons. The number of primary amides is 1. The fourth-order valence-electron chi connectivity index (χ4n) is 2.81. The Balaban J connectivity index is 1.89. The summed E-state index contributed by atoms with van der Waals surface area (Å²) in [6, 6.07) is 3.91. The van der Waals surface area contributed by atoms with E-state index in [-0.39, 0.29) is 40.5 Å². The molecular weight excluding hydrogens is 374 g/mol. The second-order valence-corrected chi connectivity index (χ2v) is 7.20. The van der Waals surface area contributed by atoms with Gasteiger partial charge in [0.15, 0.2) is 6.61 Å². The Kier molecular flexibility index (Phi) is 7.17. The third-order valence-electron chi connectivity index (χ3n) is 4.27. The minimum absolute atomic E-state index is 0.00914. The molecule has 27 heavy (non-hydrogen) atoms. The molecule has 2 rings (SSSR count). The Labute approximate surface area is 160 Å². The van der Waals surface area contributed by atoms with Crippen LogP contribution in [0.1, 0.15) is 36.5 Å². The van der Waals surface area contributed by atoms with Gasteiger partial charge < -0.3 is 15.4 Å². The fraction of sp³-hybridized carbons (Fsp3) is 0.471. The lowest BCUT2D eigenvalue weighted by molar-refractivity contribution is -0.387. The van der Waals surface area contributed by atoms with Gasteiger partial charge in [0.1, 0.15) is 0 Å². The number of hydrogen-bond acceptors (Lipinski definition) is 7. The van der Waals surface area contributed by atoms with E-state index in [4.69, 9.17) is 10.5 Å². The molecule has 1 atom stereocenters. The first-order chi connectivity index (χ1) is 12.8. The number of nitrogens with two attached hydrogens (primary N) is 1. The van der Waals surface area contributed by atoms with Gasteiger partial charge in [-0.05, 0) is 38.3 Å². The van der Waals surface area contributed by atoms with Crippen LogP contribution in [-0.2, 0) is 14.3 Å². The predicted molar refractivity (Wildman–Crippen MR) is 98.3 cm³/mol. The van der Waals surface area contributed by atoms with E-state index >= 15 is 0 Å². The van der Waals surface area contributed by atoms with Gasteiger partial charge in [-0.25, -0.2) is 0 Å². The van der Waals surface area contributed by atoms with Crippen LogP contribution in [0.15, 0.2) is 23.1 Å². The van der Waals surface area contributed by atoms with Crippen molar-refractivity contribution in [3.63, 3.8) is 0 Å². The molecule has 10 heteroatoms. The Morgan fingerprint density at radius 3 is 2.74 bits per heavy atom. The number of nitro groups is 1. The van der Waals surface area contributed by atoms with E-state index in [2.05, 4.69) is 0 Å². The van der Waals surface area contributed by atoms with Crippen molar-refractivity contribution in [1.82, 2.24) is 4.90 Å². The van der Waals surface area contributed by atoms with Crippen molar-refractivity contribution in [2.75, 3.05) is 18.9 Å². The van der Waals surface area contributed by atoms with Crippen LogP contribution in [0.3, 0.4) is 0 Å². The van der Waals surface area contributed by atoms with Gasteiger partial charge in [0, 0.05) is 24.2 Å². The average molecular weight is 395 g/mol. The molecule has 0 spiro atoms. The summed E-state index contributed by atoms with van der Waals surface area (Å²) in [6.45, 7) is 2.28. The van der Waals surface area contributed by atoms with Crippen LogP contribution >= 0.6 is 11.8 Å². The van der Waals surface area contributed by atoms with Gasteiger partial charge in [0.05, 0.1) is 15.6 Å². The number of likely N-dealkylation sites (tertiary alicyclic amines) is 1. The van der Waals surface area contributed by atoms with E-state index < -0.39 is 16.8 Å². The van der Waals surface area contributed by atoms with Gasteiger partial charge in [0.2, 0.25) is 5.91 Å². The van der Waals surface area contributed by atoms with Crippen LogP contribution in [0.5, 0.6) is 0 Å². The highest BCUT2D eigenvalue weighted by atomic mass is 32.2. The number of benzene rings is 1. The molecule has 9 nitrogen and oxygen atoms in total. The molecule has 0 aliphatic carbocycles. The lowest BCUT2D eigenvalue weighted by atomic mass is 10.0. The number of rotatable bonds is 7. The zero-order valence-corrected chi connectivity index (χ0v) is 15.7. The van der Waals surface area contributed by atoms with E-state index in [9.17, 15) is 24.5 Å². The van der Waals surface area contributed by atoms with Crippen LogP contribution in [0.4, 0.5) is 5.69 Å². The maximum absolute atomic E-state index is 12.1. The summed E-state index contributed by atoms with van der Waals surface area (Å²) in [4.78, 5) is 47.6. The molecule has 1 saturated heterocycles. The first-order valence-electron chi connectivity index (χ1n) is 8.45. The molecule has 1 heterocycles. The van der Waals surface area contributed by atoms with Crippen LogP contribution in [0, 0.1) is 10.1 Å². The summed E-state index contributed by atoms with van der Waals surface area (Å²) in [5, 5.41) is 11.1. The van der Waals surface area contributed by atoms with E-state index in [1.807, 2.05) is 6.92 Å². The molecular formula is C17H21N3O6S. The molecule has 2 amide bonds. The zero-order valence-electron chi connectivity index (χ0n) is 14.9. The molecule has 1 fully saturated rings. The quantitative estimate of drug-likeness (QED) is 0.322. The minimum atomic E-state index is -0.778. The normalized spacial score (nSPS) is 16.6. The molecule has 0 unspecified atom stereocenters. The summed E-state index contributed by atoms with van der Waals surface area (Å²) >= 11 is 0.898. The number of esters is 1. The Bertz CT molecular complexity index is 754. The van der Waals surface area contributed by atoms with Gasteiger partial charge in [-0.15, -0.1) is 11.8 Å². The number of thioether (sulfide) groups is 1. The van der Waals surface area contributed by atoms with Gasteiger partial charge in [-0.3, -0.25) is 24.5 Å². The van der Waals surface area contributed by atoms with Gasteiger partial charge in [-0.1, -0.05) is 0 Å². The van der Waals surface area contributed by atoms with Crippen molar-refractivity contribution in [2.24, 2.45) is 5.73 Å². The Morgan fingerprint density at radius 1 is 1.37 bits per heavy atom. The summed E-state index contributed by atoms with van der Waals surface area (Å²) in [6.07, 6.45) is 2.94. The number of carbonyl (C=O) groups is 3. The van der Waals surface area contributed by atoms with E-state index in [1.165, 1.54) is 12.1 Å². The van der Waals surface area contributed by atoms with Crippen molar-refractivity contribution in [2.45, 2.75) is 37.1 Å². The van der Waals surface area contributed by atoms with Gasteiger partial charge in [0.25, 0.3) is 11.6 Å². The minimum Gasteiger partial charge on any atom is -0.455 e. The molecule has 0 saturated carbocycles. The molecule has 0 bridgehead atoms. The van der Waals surface area contributed by atoms with Crippen LogP contribution in [0.2, 0.25) is 0 Å². The molecule has 2 N–H and O–H groups in total. The molecule has 1 aliphatic heterocycles. The lowest BCUT2D eigenvalue weighted by Gasteiger charge is -2.33. The number of ether oxygens (including phenoxy) is 1. The number of carbonyl (C=O) groups excluding carboxylic acids is 3. The van der Waals surface area contributed by atoms with E-state index in [0.717, 1.165) is 37.1 Å². The zero-order chi connectivity index (χ0) is 20.0. The average Bonchev–Trinajstić information content (AvgIpc) is 2.64. The molecule has 0 aromatic heterocycles. The van der Waals surface area contributed by atoms with Crippen LogP contribution < -0.4 is 5.73 Å². The highest BCUT2D eigenvalue weighted by molar-refractivity contribution is 8.00. The van der Waals surface area contributed by atoms with Gasteiger partial charge in [-0.2, -0.15) is 0 Å². The predicted octanol–water partition coefficient (Wildman–Crippen LogP) is 1.73. The Morgan fingerprint density at radius 2 is 2.11 bits per heavy atom. The third kappa shape index (κ3) is 5.68. The first-order valence-corrected chi connectivity index (χ1v) is 9.44. The maximum atomic E-state index is 12.1. The van der Waals surface area contributed by atoms with Crippen LogP contribution in [-0.4, -0.2) is 52.6 Å². The monoisotopic (exact) mass is 395 g/mol. The summed E-state index contributed by atoms with van der Waals surface area (Å²) in [5.74, 6) is -1.86. The van der Waals surface area contributed by atoms with E-state index in [1.54, 1.807) is 4.90 Å². The second-order valence-electron chi connectivity index (χ2n) is 6.19. The number of amides is 2. The third-order valence-corrected chi connectivity index (χ3v) is 5.30. The summed E-state index contributed by atoms with van der Waals surface area (Å²) < 4.78 is 4.99. The number of nitro benzene ring substituents is 1. The maximum Gasteiger partial charge on any atom is 0.316 e. The van der Waals surface area contributed by atoms with Gasteiger partial charge >= 0.3 is 5.97 Å². The van der Waals surface area contributed by atoms with Crippen LogP contribution in [0.25, 0.3) is 0 Å². The molecule has 1 aromatic carbocycles. The summed E-state index contributed by atoms with van der Waals surface area (Å²) in [5.41, 5.74) is 4.81. The van der Waals surface area contributed by atoms with Crippen molar-refractivity contribution in [3.05, 3.63) is 33.9 Å². The largest absolute Gasteiger partial charge is 0.455 e. The second kappa shape index (κ2) is 9.36.